The number of ketones is 1. The standard InChI is InChI=1S/C15H12BrIO2/c1-10(18)12-7-14(17)15(8-13(12)16)19-9-11-5-3-2-4-6-11/h2-8H,9H2,1H3. The first-order valence-corrected chi connectivity index (χ1v) is 7.62. The highest BCUT2D eigenvalue weighted by Gasteiger charge is 2.11. The Morgan fingerprint density at radius 1 is 1.26 bits per heavy atom. The summed E-state index contributed by atoms with van der Waals surface area (Å²) in [5, 5.41) is 0. The van der Waals surface area contributed by atoms with Crippen molar-refractivity contribution in [3.8, 4) is 5.75 Å². The maximum absolute atomic E-state index is 11.4. The van der Waals surface area contributed by atoms with Gasteiger partial charge in [0.1, 0.15) is 12.4 Å². The van der Waals surface area contributed by atoms with Crippen molar-refractivity contribution >= 4 is 44.3 Å². The van der Waals surface area contributed by atoms with Gasteiger partial charge in [0.15, 0.2) is 5.78 Å². The molecule has 2 rings (SSSR count). The predicted molar refractivity (Wildman–Crippen MR) is 87.6 cm³/mol. The molecule has 0 fully saturated rings. The Kier molecular flexibility index (Phi) is 4.99. The van der Waals surface area contributed by atoms with Crippen molar-refractivity contribution in [2.24, 2.45) is 0 Å². The Hall–Kier alpha value is -0.880. The maximum atomic E-state index is 11.4. The van der Waals surface area contributed by atoms with Gasteiger partial charge in [-0.05, 0) is 63.1 Å². The minimum atomic E-state index is 0.0411. The number of halogens is 2. The van der Waals surface area contributed by atoms with E-state index >= 15 is 0 Å². The van der Waals surface area contributed by atoms with Crippen molar-refractivity contribution in [2.45, 2.75) is 13.5 Å². The molecule has 0 unspecified atom stereocenters. The van der Waals surface area contributed by atoms with Gasteiger partial charge in [0, 0.05) is 10.0 Å². The highest BCUT2D eigenvalue weighted by molar-refractivity contribution is 14.1. The van der Waals surface area contributed by atoms with Crippen LogP contribution in [0, 0.1) is 3.57 Å². The Labute approximate surface area is 134 Å². The monoisotopic (exact) mass is 430 g/mol. The van der Waals surface area contributed by atoms with Crippen molar-refractivity contribution in [1.82, 2.24) is 0 Å². The Morgan fingerprint density at radius 3 is 2.58 bits per heavy atom. The quantitative estimate of drug-likeness (QED) is 0.512. The molecule has 0 bridgehead atoms. The molecule has 0 aliphatic rings. The minimum Gasteiger partial charge on any atom is -0.488 e. The molecule has 0 atom stereocenters. The van der Waals surface area contributed by atoms with E-state index in [4.69, 9.17) is 4.74 Å². The normalized spacial score (nSPS) is 10.3. The fraction of sp³-hybridized carbons (Fsp3) is 0.133. The van der Waals surface area contributed by atoms with Gasteiger partial charge >= 0.3 is 0 Å². The lowest BCUT2D eigenvalue weighted by atomic mass is 10.1. The Balaban J connectivity index is 2.17. The van der Waals surface area contributed by atoms with E-state index in [0.29, 0.717) is 12.2 Å². The van der Waals surface area contributed by atoms with Crippen LogP contribution in [-0.4, -0.2) is 5.78 Å². The number of carbonyl (C=O) groups excluding carboxylic acids is 1. The number of hydrogen-bond donors (Lipinski definition) is 0. The fourth-order valence-electron chi connectivity index (χ4n) is 1.64. The number of rotatable bonds is 4. The molecular formula is C15H12BrIO2. The van der Waals surface area contributed by atoms with E-state index in [0.717, 1.165) is 19.4 Å². The van der Waals surface area contributed by atoms with E-state index in [1.807, 2.05) is 42.5 Å². The first-order valence-electron chi connectivity index (χ1n) is 5.74. The summed E-state index contributed by atoms with van der Waals surface area (Å²) in [6, 6.07) is 13.7. The zero-order chi connectivity index (χ0) is 13.8. The second-order valence-electron chi connectivity index (χ2n) is 4.09. The number of ether oxygens (including phenoxy) is 1. The van der Waals surface area contributed by atoms with E-state index in [1.165, 1.54) is 0 Å². The number of Topliss-reactive ketones (excluding diaryl/α,β-unsaturated/α-hetero) is 1. The van der Waals surface area contributed by atoms with Crippen LogP contribution in [0.4, 0.5) is 0 Å². The molecule has 98 valence electrons. The van der Waals surface area contributed by atoms with Gasteiger partial charge in [-0.3, -0.25) is 4.79 Å². The molecule has 2 aromatic carbocycles. The zero-order valence-corrected chi connectivity index (χ0v) is 14.1. The first kappa shape index (κ1) is 14.5. The molecule has 0 aliphatic carbocycles. The van der Waals surface area contributed by atoms with Crippen LogP contribution in [0.15, 0.2) is 46.9 Å². The van der Waals surface area contributed by atoms with Crippen molar-refractivity contribution in [1.29, 1.82) is 0 Å². The van der Waals surface area contributed by atoms with E-state index in [1.54, 1.807) is 6.92 Å². The molecule has 0 aliphatic heterocycles. The minimum absolute atomic E-state index is 0.0411. The van der Waals surface area contributed by atoms with Gasteiger partial charge in [-0.15, -0.1) is 0 Å². The molecule has 0 aromatic heterocycles. The average Bonchev–Trinajstić information content (AvgIpc) is 2.40. The van der Waals surface area contributed by atoms with Crippen LogP contribution in [-0.2, 0) is 6.61 Å². The molecule has 4 heteroatoms. The summed E-state index contributed by atoms with van der Waals surface area (Å²) in [6.45, 7) is 2.07. The summed E-state index contributed by atoms with van der Waals surface area (Å²) in [5.74, 6) is 0.820. The zero-order valence-electron chi connectivity index (χ0n) is 10.3. The number of benzene rings is 2. The van der Waals surface area contributed by atoms with Crippen molar-refractivity contribution in [2.75, 3.05) is 0 Å². The fourth-order valence-corrected chi connectivity index (χ4v) is 2.87. The second kappa shape index (κ2) is 6.52. The third-order valence-corrected chi connectivity index (χ3v) is 4.14. The van der Waals surface area contributed by atoms with Gasteiger partial charge in [-0.25, -0.2) is 0 Å². The van der Waals surface area contributed by atoms with Crippen LogP contribution in [0.25, 0.3) is 0 Å². The molecule has 0 amide bonds. The summed E-state index contributed by atoms with van der Waals surface area (Å²) < 4.78 is 7.49. The molecular weight excluding hydrogens is 419 g/mol. The maximum Gasteiger partial charge on any atom is 0.160 e. The highest BCUT2D eigenvalue weighted by atomic mass is 127. The van der Waals surface area contributed by atoms with Gasteiger partial charge in [-0.2, -0.15) is 0 Å². The topological polar surface area (TPSA) is 26.3 Å². The van der Waals surface area contributed by atoms with E-state index in [2.05, 4.69) is 38.5 Å². The summed E-state index contributed by atoms with van der Waals surface area (Å²) >= 11 is 5.58. The van der Waals surface area contributed by atoms with Crippen LogP contribution in [0.3, 0.4) is 0 Å². The Bertz CT molecular complexity index is 597. The van der Waals surface area contributed by atoms with E-state index in [9.17, 15) is 4.79 Å². The molecule has 0 radical (unpaired) electrons. The Morgan fingerprint density at radius 2 is 1.95 bits per heavy atom. The van der Waals surface area contributed by atoms with E-state index < -0.39 is 0 Å². The lowest BCUT2D eigenvalue weighted by Gasteiger charge is -2.10. The molecule has 0 N–H and O–H groups in total. The van der Waals surface area contributed by atoms with Crippen LogP contribution < -0.4 is 4.74 Å². The van der Waals surface area contributed by atoms with Crippen molar-refractivity contribution in [3.63, 3.8) is 0 Å². The second-order valence-corrected chi connectivity index (χ2v) is 6.11. The van der Waals surface area contributed by atoms with Gasteiger partial charge in [0.25, 0.3) is 0 Å². The molecule has 0 saturated heterocycles. The molecule has 0 heterocycles. The molecule has 0 saturated carbocycles. The molecule has 0 spiro atoms. The first-order chi connectivity index (χ1) is 9.08. The summed E-state index contributed by atoms with van der Waals surface area (Å²) in [5.41, 5.74) is 1.79. The third kappa shape index (κ3) is 3.79. The van der Waals surface area contributed by atoms with Crippen LogP contribution in [0.1, 0.15) is 22.8 Å². The van der Waals surface area contributed by atoms with Crippen LogP contribution in [0.5, 0.6) is 5.75 Å². The lowest BCUT2D eigenvalue weighted by Crippen LogP contribution is -2.00. The lowest BCUT2D eigenvalue weighted by molar-refractivity contribution is 0.101. The van der Waals surface area contributed by atoms with Gasteiger partial charge < -0.3 is 4.74 Å². The van der Waals surface area contributed by atoms with Crippen molar-refractivity contribution < 1.29 is 9.53 Å². The van der Waals surface area contributed by atoms with Gasteiger partial charge in [-0.1, -0.05) is 30.3 Å². The molecule has 19 heavy (non-hydrogen) atoms. The third-order valence-electron chi connectivity index (χ3n) is 2.64. The molecule has 2 aromatic rings. The molecule has 2 nitrogen and oxygen atoms in total. The predicted octanol–water partition coefficient (Wildman–Crippen LogP) is 4.84. The van der Waals surface area contributed by atoms with Crippen LogP contribution in [0.2, 0.25) is 0 Å². The largest absolute Gasteiger partial charge is 0.488 e. The number of carbonyl (C=O) groups is 1. The van der Waals surface area contributed by atoms with Crippen LogP contribution >= 0.6 is 38.5 Å². The van der Waals surface area contributed by atoms with Gasteiger partial charge in [0.05, 0.1) is 3.57 Å². The SMILES string of the molecule is CC(=O)c1cc(I)c(OCc2ccccc2)cc1Br. The smallest absolute Gasteiger partial charge is 0.160 e. The summed E-state index contributed by atoms with van der Waals surface area (Å²) in [4.78, 5) is 11.4. The average molecular weight is 431 g/mol. The van der Waals surface area contributed by atoms with Crippen molar-refractivity contribution in [3.05, 3.63) is 61.6 Å². The van der Waals surface area contributed by atoms with Gasteiger partial charge in [0.2, 0.25) is 0 Å². The van der Waals surface area contributed by atoms with E-state index in [-0.39, 0.29) is 5.78 Å². The summed E-state index contributed by atoms with van der Waals surface area (Å²) in [7, 11) is 0. The number of hydrogen-bond acceptors (Lipinski definition) is 2. The highest BCUT2D eigenvalue weighted by Crippen LogP contribution is 2.29. The summed E-state index contributed by atoms with van der Waals surface area (Å²) in [6.07, 6.45) is 0.